The minimum absolute atomic E-state index is 0.285. The summed E-state index contributed by atoms with van der Waals surface area (Å²) >= 11 is 0. The number of carboxylic acids is 1. The maximum absolute atomic E-state index is 12.1. The molecule has 2 rings (SSSR count). The van der Waals surface area contributed by atoms with Gasteiger partial charge in [0, 0.05) is 19.3 Å². The molecule has 1 atom stereocenters. The van der Waals surface area contributed by atoms with Gasteiger partial charge in [0.1, 0.15) is 6.04 Å². The Balaban J connectivity index is 2.20. The average Bonchev–Trinajstić information content (AvgIpc) is 2.84. The summed E-state index contributed by atoms with van der Waals surface area (Å²) in [5, 5.41) is 17.5. The predicted octanol–water partition coefficient (Wildman–Crippen LogP) is -1.17. The van der Waals surface area contributed by atoms with Crippen LogP contribution in [-0.2, 0) is 9.59 Å². The number of carbonyl (C=O) groups excluding carboxylic acids is 2. The Morgan fingerprint density at radius 3 is 2.94 bits per heavy atom. The molecular weight excluding hydrogens is 240 g/mol. The Morgan fingerprint density at radius 2 is 2.33 bits per heavy atom. The van der Waals surface area contributed by atoms with Crippen LogP contribution in [0, 0.1) is 0 Å². The maximum Gasteiger partial charge on any atom is 0.305 e. The number of hydrogen-bond acceptors (Lipinski definition) is 4. The second-order valence-electron chi connectivity index (χ2n) is 3.89. The van der Waals surface area contributed by atoms with E-state index in [2.05, 4.69) is 15.5 Å². The lowest BCUT2D eigenvalue weighted by Gasteiger charge is -2.33. The summed E-state index contributed by atoms with van der Waals surface area (Å²) in [6.45, 7) is 0.603. The highest BCUT2D eigenvalue weighted by Crippen LogP contribution is 2.13. The highest BCUT2D eigenvalue weighted by molar-refractivity contribution is 5.98. The molecule has 0 bridgehead atoms. The van der Waals surface area contributed by atoms with Crippen molar-refractivity contribution in [2.24, 2.45) is 0 Å². The van der Waals surface area contributed by atoms with Crippen molar-refractivity contribution < 1.29 is 19.5 Å². The van der Waals surface area contributed by atoms with Gasteiger partial charge in [0.05, 0.1) is 18.2 Å². The normalized spacial score (nSPS) is 19.4. The summed E-state index contributed by atoms with van der Waals surface area (Å²) in [5.41, 5.74) is 0.306. The molecule has 1 aliphatic heterocycles. The first kappa shape index (κ1) is 12.1. The standard InChI is InChI=1S/C10H12N4O4/c15-8(16)3-7-9(17)11-1-2-14(7)10(18)6-4-12-13-5-6/h4-5,7H,1-3H2,(H,11,17)(H,12,13)(H,15,16). The van der Waals surface area contributed by atoms with Gasteiger partial charge in [-0.25, -0.2) is 0 Å². The zero-order valence-corrected chi connectivity index (χ0v) is 9.42. The first-order valence-corrected chi connectivity index (χ1v) is 5.39. The van der Waals surface area contributed by atoms with Crippen LogP contribution in [0.3, 0.4) is 0 Å². The van der Waals surface area contributed by atoms with Crippen LogP contribution in [0.5, 0.6) is 0 Å². The smallest absolute Gasteiger partial charge is 0.305 e. The molecule has 1 saturated heterocycles. The molecule has 0 saturated carbocycles. The predicted molar refractivity (Wildman–Crippen MR) is 58.7 cm³/mol. The van der Waals surface area contributed by atoms with E-state index in [0.717, 1.165) is 0 Å². The van der Waals surface area contributed by atoms with Crippen molar-refractivity contribution in [1.82, 2.24) is 20.4 Å². The lowest BCUT2D eigenvalue weighted by atomic mass is 10.1. The molecule has 0 spiro atoms. The van der Waals surface area contributed by atoms with Gasteiger partial charge < -0.3 is 15.3 Å². The van der Waals surface area contributed by atoms with E-state index in [9.17, 15) is 14.4 Å². The van der Waals surface area contributed by atoms with Gasteiger partial charge in [-0.05, 0) is 0 Å². The van der Waals surface area contributed by atoms with E-state index in [-0.39, 0.29) is 6.54 Å². The molecule has 0 aromatic carbocycles. The van der Waals surface area contributed by atoms with Crippen molar-refractivity contribution in [2.45, 2.75) is 12.5 Å². The molecule has 1 aromatic heterocycles. The van der Waals surface area contributed by atoms with Crippen molar-refractivity contribution >= 4 is 17.8 Å². The number of nitrogens with zero attached hydrogens (tertiary/aromatic N) is 2. The molecule has 18 heavy (non-hydrogen) atoms. The zero-order valence-electron chi connectivity index (χ0n) is 9.42. The van der Waals surface area contributed by atoms with Crippen LogP contribution in [0.4, 0.5) is 0 Å². The van der Waals surface area contributed by atoms with Crippen molar-refractivity contribution in [3.8, 4) is 0 Å². The van der Waals surface area contributed by atoms with Gasteiger partial charge in [-0.3, -0.25) is 19.5 Å². The Bertz CT molecular complexity index is 470. The third-order valence-corrected chi connectivity index (χ3v) is 2.70. The largest absolute Gasteiger partial charge is 0.481 e. The number of aromatic nitrogens is 2. The second kappa shape index (κ2) is 4.86. The molecule has 0 aliphatic carbocycles. The summed E-state index contributed by atoms with van der Waals surface area (Å²) < 4.78 is 0. The van der Waals surface area contributed by atoms with E-state index in [0.29, 0.717) is 12.1 Å². The second-order valence-corrected chi connectivity index (χ2v) is 3.89. The van der Waals surface area contributed by atoms with E-state index < -0.39 is 30.2 Å². The van der Waals surface area contributed by atoms with Gasteiger partial charge in [-0.15, -0.1) is 0 Å². The number of amides is 2. The Kier molecular flexibility index (Phi) is 3.26. The van der Waals surface area contributed by atoms with Gasteiger partial charge in [0.15, 0.2) is 0 Å². The van der Waals surface area contributed by atoms with Crippen LogP contribution >= 0.6 is 0 Å². The molecule has 1 aromatic rings. The number of carboxylic acid groups (broad SMARTS) is 1. The van der Waals surface area contributed by atoms with Crippen LogP contribution in [0.1, 0.15) is 16.8 Å². The fraction of sp³-hybridized carbons (Fsp3) is 0.400. The van der Waals surface area contributed by atoms with E-state index in [1.807, 2.05) is 0 Å². The van der Waals surface area contributed by atoms with Crippen molar-refractivity contribution in [1.29, 1.82) is 0 Å². The molecular formula is C10H12N4O4. The van der Waals surface area contributed by atoms with Crippen molar-refractivity contribution in [3.63, 3.8) is 0 Å². The van der Waals surface area contributed by atoms with Crippen molar-refractivity contribution in [3.05, 3.63) is 18.0 Å². The molecule has 3 N–H and O–H groups in total. The number of hydrogen-bond donors (Lipinski definition) is 3. The number of aromatic amines is 1. The summed E-state index contributed by atoms with van der Waals surface area (Å²) in [6, 6.07) is -0.973. The summed E-state index contributed by atoms with van der Waals surface area (Å²) in [6.07, 6.45) is 2.34. The molecule has 0 radical (unpaired) electrons. The van der Waals surface area contributed by atoms with E-state index in [4.69, 9.17) is 5.11 Å². The average molecular weight is 252 g/mol. The molecule has 1 aliphatic rings. The SMILES string of the molecule is O=C(O)CC1C(=O)NCCN1C(=O)c1cn[nH]c1. The number of H-pyrrole nitrogens is 1. The summed E-state index contributed by atoms with van der Waals surface area (Å²) in [4.78, 5) is 35.7. The molecule has 2 amide bonds. The Hall–Kier alpha value is -2.38. The van der Waals surface area contributed by atoms with E-state index in [1.54, 1.807) is 0 Å². The quantitative estimate of drug-likeness (QED) is 0.626. The van der Waals surface area contributed by atoms with E-state index in [1.165, 1.54) is 17.3 Å². The van der Waals surface area contributed by atoms with Crippen LogP contribution in [0.15, 0.2) is 12.4 Å². The lowest BCUT2D eigenvalue weighted by molar-refractivity contribution is -0.142. The molecule has 8 heteroatoms. The maximum atomic E-state index is 12.1. The van der Waals surface area contributed by atoms with Gasteiger partial charge in [-0.1, -0.05) is 0 Å². The number of rotatable bonds is 3. The number of piperazine rings is 1. The molecule has 1 unspecified atom stereocenters. The minimum atomic E-state index is -1.12. The Morgan fingerprint density at radius 1 is 1.56 bits per heavy atom. The van der Waals surface area contributed by atoms with Gasteiger partial charge in [-0.2, -0.15) is 5.10 Å². The third-order valence-electron chi connectivity index (χ3n) is 2.70. The number of nitrogens with one attached hydrogen (secondary N) is 2. The van der Waals surface area contributed by atoms with Crippen LogP contribution in [0.25, 0.3) is 0 Å². The molecule has 1 fully saturated rings. The summed E-state index contributed by atoms with van der Waals surface area (Å²) in [5.74, 6) is -1.97. The van der Waals surface area contributed by atoms with E-state index >= 15 is 0 Å². The number of aliphatic carboxylic acids is 1. The van der Waals surface area contributed by atoms with Crippen LogP contribution in [0.2, 0.25) is 0 Å². The Labute approximate surface area is 102 Å². The molecule has 96 valence electrons. The topological polar surface area (TPSA) is 115 Å². The summed E-state index contributed by atoms with van der Waals surface area (Å²) in [7, 11) is 0. The highest BCUT2D eigenvalue weighted by atomic mass is 16.4. The zero-order chi connectivity index (χ0) is 13.1. The van der Waals surface area contributed by atoms with Crippen molar-refractivity contribution in [2.75, 3.05) is 13.1 Å². The van der Waals surface area contributed by atoms with Crippen LogP contribution < -0.4 is 5.32 Å². The fourth-order valence-electron chi connectivity index (χ4n) is 1.86. The molecule has 2 heterocycles. The highest BCUT2D eigenvalue weighted by Gasteiger charge is 2.35. The molecule has 8 nitrogen and oxygen atoms in total. The van der Waals surface area contributed by atoms with Gasteiger partial charge >= 0.3 is 5.97 Å². The third kappa shape index (κ3) is 2.31. The van der Waals surface area contributed by atoms with Crippen LogP contribution in [-0.4, -0.2) is 57.1 Å². The minimum Gasteiger partial charge on any atom is -0.481 e. The number of carbonyl (C=O) groups is 3. The lowest BCUT2D eigenvalue weighted by Crippen LogP contribution is -2.57. The monoisotopic (exact) mass is 252 g/mol. The van der Waals surface area contributed by atoms with Gasteiger partial charge in [0.2, 0.25) is 5.91 Å². The first-order chi connectivity index (χ1) is 8.59. The first-order valence-electron chi connectivity index (χ1n) is 5.39. The fourth-order valence-corrected chi connectivity index (χ4v) is 1.86. The van der Waals surface area contributed by atoms with Gasteiger partial charge in [0.25, 0.3) is 5.91 Å².